The molecule has 0 aliphatic rings. The van der Waals surface area contributed by atoms with Crippen molar-refractivity contribution in [2.24, 2.45) is 0 Å². The van der Waals surface area contributed by atoms with Gasteiger partial charge in [-0.25, -0.2) is 0 Å². The number of carbonyl (C=O) groups excluding carboxylic acids is 1. The number of carboxylic acid groups (broad SMARTS) is 2. The minimum absolute atomic E-state index is 0. The first kappa shape index (κ1) is 15.8. The molecule has 0 saturated heterocycles. The summed E-state index contributed by atoms with van der Waals surface area (Å²) in [7, 11) is 0. The van der Waals surface area contributed by atoms with E-state index in [1.54, 1.807) is 0 Å². The molecule has 0 aliphatic heterocycles. The Labute approximate surface area is 67.5 Å². The van der Waals surface area contributed by atoms with Gasteiger partial charge >= 0.3 is 46.6 Å². The molecule has 0 aromatic carbocycles. The van der Waals surface area contributed by atoms with Crippen LogP contribution in [0.2, 0.25) is 0 Å². The molecule has 0 heterocycles. The SMILES string of the molecule is O=C([O-])[O-].[Cu+2].[Na+]. The molecule has 5 heteroatoms. The minimum atomic E-state index is -2.33. The van der Waals surface area contributed by atoms with Gasteiger partial charge in [0, 0.05) is 0 Å². The first-order valence-corrected chi connectivity index (χ1v) is 0.612. The van der Waals surface area contributed by atoms with Crippen LogP contribution in [0, 0.1) is 0 Å². The van der Waals surface area contributed by atoms with Crippen LogP contribution in [0.4, 0.5) is 4.79 Å². The quantitative estimate of drug-likeness (QED) is 0.321. The van der Waals surface area contributed by atoms with Crippen molar-refractivity contribution in [2.75, 3.05) is 0 Å². The van der Waals surface area contributed by atoms with Gasteiger partial charge in [-0.3, -0.25) is 0 Å². The molecule has 33 valence electrons. The summed E-state index contributed by atoms with van der Waals surface area (Å²) in [5, 5.41) is 16.7. The Balaban J connectivity index is -0.0000000450. The van der Waals surface area contributed by atoms with Crippen molar-refractivity contribution in [3.05, 3.63) is 0 Å². The molecular weight excluding hydrogens is 147 g/mol. The molecule has 0 aliphatic carbocycles. The third-order valence-corrected chi connectivity index (χ3v) is 0. The van der Waals surface area contributed by atoms with E-state index in [1.165, 1.54) is 0 Å². The van der Waals surface area contributed by atoms with Crippen molar-refractivity contribution in [1.82, 2.24) is 0 Å². The monoisotopic (exact) mass is 146 g/mol. The van der Waals surface area contributed by atoms with Crippen molar-refractivity contribution < 1.29 is 61.6 Å². The largest absolute Gasteiger partial charge is 2.00 e. The molecular formula is CCuNaO3+. The number of hydrogen-bond donors (Lipinski definition) is 0. The van der Waals surface area contributed by atoms with Crippen LogP contribution in [0.25, 0.3) is 0 Å². The van der Waals surface area contributed by atoms with Crippen LogP contribution >= 0.6 is 0 Å². The van der Waals surface area contributed by atoms with Gasteiger partial charge in [-0.05, 0) is 6.16 Å². The van der Waals surface area contributed by atoms with Crippen LogP contribution in [-0.2, 0) is 17.1 Å². The first-order chi connectivity index (χ1) is 1.73. The maximum Gasteiger partial charge on any atom is 2.00 e. The normalized spacial score (nSPS) is 4.00. The number of rotatable bonds is 0. The van der Waals surface area contributed by atoms with E-state index in [0.29, 0.717) is 0 Å². The minimum Gasteiger partial charge on any atom is -0.652 e. The predicted octanol–water partition coefficient (Wildman–Crippen LogP) is -5.45. The maximum atomic E-state index is 8.33. The van der Waals surface area contributed by atoms with E-state index in [1.807, 2.05) is 0 Å². The summed E-state index contributed by atoms with van der Waals surface area (Å²) in [4.78, 5) is 8.33. The third-order valence-electron chi connectivity index (χ3n) is 0. The topological polar surface area (TPSA) is 63.2 Å². The van der Waals surface area contributed by atoms with Gasteiger partial charge < -0.3 is 15.0 Å². The standard InChI is InChI=1S/CH2O3.Cu.Na/c2-1(3)4;;/h(H2,2,3,4);;/q;+2;+1/p-2. The van der Waals surface area contributed by atoms with Crippen molar-refractivity contribution in [1.29, 1.82) is 0 Å². The van der Waals surface area contributed by atoms with Crippen LogP contribution in [-0.4, -0.2) is 6.16 Å². The van der Waals surface area contributed by atoms with Crippen LogP contribution < -0.4 is 39.8 Å². The summed E-state index contributed by atoms with van der Waals surface area (Å²) < 4.78 is 0. The number of carbonyl (C=O) groups is 1. The molecule has 0 saturated carbocycles. The van der Waals surface area contributed by atoms with Gasteiger partial charge in [0.05, 0.1) is 0 Å². The van der Waals surface area contributed by atoms with E-state index >= 15 is 0 Å². The molecule has 0 atom stereocenters. The molecule has 0 rings (SSSR count). The zero-order valence-corrected chi connectivity index (χ0v) is 5.97. The summed E-state index contributed by atoms with van der Waals surface area (Å²) in [6.07, 6.45) is -2.33. The van der Waals surface area contributed by atoms with Gasteiger partial charge in [0.1, 0.15) is 0 Å². The molecule has 0 spiro atoms. The van der Waals surface area contributed by atoms with Crippen molar-refractivity contribution in [3.8, 4) is 0 Å². The average Bonchev–Trinajstić information content (AvgIpc) is 0.811. The van der Waals surface area contributed by atoms with Crippen LogP contribution in [0.5, 0.6) is 0 Å². The van der Waals surface area contributed by atoms with Crippen LogP contribution in [0.15, 0.2) is 0 Å². The van der Waals surface area contributed by atoms with Gasteiger partial charge in [-0.2, -0.15) is 0 Å². The molecule has 0 N–H and O–H groups in total. The average molecular weight is 147 g/mol. The van der Waals surface area contributed by atoms with Crippen molar-refractivity contribution >= 4 is 6.16 Å². The summed E-state index contributed by atoms with van der Waals surface area (Å²) in [6.45, 7) is 0. The first-order valence-electron chi connectivity index (χ1n) is 0.612. The Hall–Kier alpha value is 0.789. The second-order valence-electron chi connectivity index (χ2n) is 0.250. The van der Waals surface area contributed by atoms with E-state index in [4.69, 9.17) is 15.0 Å². The Morgan fingerprint density at radius 3 is 1.33 bits per heavy atom. The molecule has 0 amide bonds. The Morgan fingerprint density at radius 2 is 1.33 bits per heavy atom. The smallest absolute Gasteiger partial charge is 0.652 e. The van der Waals surface area contributed by atoms with Crippen molar-refractivity contribution in [2.45, 2.75) is 0 Å². The van der Waals surface area contributed by atoms with Gasteiger partial charge in [-0.15, -0.1) is 0 Å². The van der Waals surface area contributed by atoms with Crippen LogP contribution in [0.3, 0.4) is 0 Å². The van der Waals surface area contributed by atoms with Crippen molar-refractivity contribution in [3.63, 3.8) is 0 Å². The second kappa shape index (κ2) is 9.25. The molecule has 0 unspecified atom stereocenters. The van der Waals surface area contributed by atoms with Gasteiger partial charge in [0.25, 0.3) is 0 Å². The van der Waals surface area contributed by atoms with Gasteiger partial charge in [-0.1, -0.05) is 0 Å². The van der Waals surface area contributed by atoms with E-state index in [-0.39, 0.29) is 46.6 Å². The van der Waals surface area contributed by atoms with E-state index in [9.17, 15) is 0 Å². The number of hydrogen-bond acceptors (Lipinski definition) is 3. The van der Waals surface area contributed by atoms with Crippen LogP contribution in [0.1, 0.15) is 0 Å². The molecule has 0 aromatic rings. The third kappa shape index (κ3) is 110. The predicted molar refractivity (Wildman–Crippen MR) is 5.40 cm³/mol. The molecule has 6 heavy (non-hydrogen) atoms. The Kier molecular flexibility index (Phi) is 24.4. The van der Waals surface area contributed by atoms with Gasteiger partial charge in [0.2, 0.25) is 0 Å². The molecule has 3 nitrogen and oxygen atoms in total. The molecule has 0 aromatic heterocycles. The zero-order valence-electron chi connectivity index (χ0n) is 3.03. The fraction of sp³-hybridized carbons (Fsp3) is 0. The second-order valence-corrected chi connectivity index (χ2v) is 0.250. The summed E-state index contributed by atoms with van der Waals surface area (Å²) in [5.41, 5.74) is 0. The van der Waals surface area contributed by atoms with Gasteiger partial charge in [0.15, 0.2) is 0 Å². The Morgan fingerprint density at radius 1 is 1.33 bits per heavy atom. The maximum absolute atomic E-state index is 8.33. The van der Waals surface area contributed by atoms with E-state index in [2.05, 4.69) is 0 Å². The molecule has 0 bridgehead atoms. The molecule has 1 radical (unpaired) electrons. The van der Waals surface area contributed by atoms with E-state index in [0.717, 1.165) is 0 Å². The zero-order chi connectivity index (χ0) is 3.58. The Bertz CT molecular complexity index is 33.8. The summed E-state index contributed by atoms with van der Waals surface area (Å²) in [6, 6.07) is 0. The fourth-order valence-corrected chi connectivity index (χ4v) is 0. The molecule has 0 fully saturated rings. The van der Waals surface area contributed by atoms with E-state index < -0.39 is 6.16 Å². The summed E-state index contributed by atoms with van der Waals surface area (Å²) in [5.74, 6) is 0. The fourth-order valence-electron chi connectivity index (χ4n) is 0. The summed E-state index contributed by atoms with van der Waals surface area (Å²) >= 11 is 0.